The average Bonchev–Trinajstić information content (AvgIpc) is 3.20. The molecule has 0 fully saturated rings. The number of nitrogens with zero attached hydrogens (tertiary/aromatic N) is 2. The van der Waals surface area contributed by atoms with Gasteiger partial charge in [-0.05, 0) is 18.6 Å². The number of para-hydroxylation sites is 1. The number of carbonyl (C=O) groups excluding carboxylic acids is 1. The summed E-state index contributed by atoms with van der Waals surface area (Å²) in [6.45, 7) is 1.37. The van der Waals surface area contributed by atoms with Crippen LogP contribution >= 0.6 is 0 Å². The van der Waals surface area contributed by atoms with Crippen molar-refractivity contribution in [3.8, 4) is 11.3 Å². The first kappa shape index (κ1) is 14.7. The minimum atomic E-state index is 0.00566. The lowest BCUT2D eigenvalue weighted by Crippen LogP contribution is -2.42. The highest BCUT2D eigenvalue weighted by Gasteiger charge is 2.29. The van der Waals surface area contributed by atoms with E-state index >= 15 is 0 Å². The summed E-state index contributed by atoms with van der Waals surface area (Å²) in [5, 5.41) is 2.96. The first-order valence-corrected chi connectivity index (χ1v) is 8.33. The Labute approximate surface area is 141 Å². The minimum Gasteiger partial charge on any atom is -0.323 e. The fourth-order valence-corrected chi connectivity index (χ4v) is 3.36. The molecule has 0 saturated carbocycles. The molecule has 0 spiro atoms. The van der Waals surface area contributed by atoms with Gasteiger partial charge in [0.1, 0.15) is 6.20 Å². The molecule has 4 heteroatoms. The number of hydrogen-bond donors (Lipinski definition) is 1. The Balaban J connectivity index is 1.59. The first-order chi connectivity index (χ1) is 11.8. The van der Waals surface area contributed by atoms with Crippen LogP contribution in [0, 0.1) is 0 Å². The van der Waals surface area contributed by atoms with E-state index in [9.17, 15) is 4.79 Å². The van der Waals surface area contributed by atoms with Crippen LogP contribution in [0.3, 0.4) is 0 Å². The van der Waals surface area contributed by atoms with Crippen LogP contribution in [0.2, 0.25) is 0 Å². The number of nitrogens with one attached hydrogen (secondary N) is 1. The highest BCUT2D eigenvalue weighted by molar-refractivity contribution is 5.89. The van der Waals surface area contributed by atoms with Gasteiger partial charge < -0.3 is 5.32 Å². The predicted molar refractivity (Wildman–Crippen MR) is 93.5 cm³/mol. The van der Waals surface area contributed by atoms with Crippen LogP contribution in [0.5, 0.6) is 0 Å². The van der Waals surface area contributed by atoms with E-state index in [1.807, 2.05) is 36.4 Å². The zero-order valence-electron chi connectivity index (χ0n) is 13.5. The van der Waals surface area contributed by atoms with Crippen LogP contribution in [0.15, 0.2) is 66.9 Å². The van der Waals surface area contributed by atoms with Gasteiger partial charge in [0.25, 0.3) is 11.7 Å². The molecule has 1 aliphatic heterocycles. The van der Waals surface area contributed by atoms with Crippen molar-refractivity contribution in [2.24, 2.45) is 0 Å². The maximum Gasteiger partial charge on any atom is 0.266 e. The second-order valence-corrected chi connectivity index (χ2v) is 6.09. The highest BCUT2D eigenvalue weighted by atomic mass is 16.1. The maximum atomic E-state index is 12.4. The van der Waals surface area contributed by atoms with E-state index in [1.54, 1.807) is 0 Å². The normalized spacial score (nSPS) is 12.8. The SMILES string of the molecule is O=C(C[n+]1cc(-c2ccccc2)n2c1CCC2)Nc1ccccc1. The van der Waals surface area contributed by atoms with E-state index in [4.69, 9.17) is 0 Å². The third-order valence-corrected chi connectivity index (χ3v) is 4.44. The van der Waals surface area contributed by atoms with Crippen LogP contribution in [0.25, 0.3) is 11.3 Å². The van der Waals surface area contributed by atoms with Gasteiger partial charge in [0.15, 0.2) is 12.2 Å². The number of anilines is 1. The van der Waals surface area contributed by atoms with Gasteiger partial charge in [-0.1, -0.05) is 48.5 Å². The first-order valence-electron chi connectivity index (χ1n) is 8.33. The fourth-order valence-electron chi connectivity index (χ4n) is 3.36. The lowest BCUT2D eigenvalue weighted by Gasteiger charge is -2.03. The van der Waals surface area contributed by atoms with Crippen LogP contribution in [-0.2, 0) is 24.3 Å². The summed E-state index contributed by atoms with van der Waals surface area (Å²) in [7, 11) is 0. The molecule has 1 aromatic heterocycles. The summed E-state index contributed by atoms with van der Waals surface area (Å²) in [5.41, 5.74) is 3.22. The lowest BCUT2D eigenvalue weighted by atomic mass is 10.2. The molecule has 120 valence electrons. The molecule has 0 bridgehead atoms. The molecule has 1 N–H and O–H groups in total. The number of hydrogen-bond acceptors (Lipinski definition) is 1. The Morgan fingerprint density at radius 3 is 2.50 bits per heavy atom. The predicted octanol–water partition coefficient (Wildman–Crippen LogP) is 3.03. The minimum absolute atomic E-state index is 0.00566. The zero-order chi connectivity index (χ0) is 16.4. The number of imidazole rings is 1. The van der Waals surface area contributed by atoms with Gasteiger partial charge in [0.05, 0.1) is 13.0 Å². The summed E-state index contributed by atoms with van der Waals surface area (Å²) in [6.07, 6.45) is 4.26. The van der Waals surface area contributed by atoms with Gasteiger partial charge in [-0.2, -0.15) is 0 Å². The van der Waals surface area contributed by atoms with E-state index in [0.29, 0.717) is 6.54 Å². The molecule has 2 aromatic carbocycles. The topological polar surface area (TPSA) is 37.9 Å². The number of rotatable bonds is 4. The molecule has 4 nitrogen and oxygen atoms in total. The number of amides is 1. The summed E-state index contributed by atoms with van der Waals surface area (Å²) >= 11 is 0. The quantitative estimate of drug-likeness (QED) is 0.738. The van der Waals surface area contributed by atoms with Crippen LogP contribution in [0.1, 0.15) is 12.2 Å². The van der Waals surface area contributed by atoms with E-state index in [-0.39, 0.29) is 5.91 Å². The van der Waals surface area contributed by atoms with Gasteiger partial charge in [0.2, 0.25) is 0 Å². The molecular weight excluding hydrogens is 298 g/mol. The molecule has 2 heterocycles. The Bertz CT molecular complexity index is 853. The molecule has 1 amide bonds. The summed E-state index contributed by atoms with van der Waals surface area (Å²) in [6, 6.07) is 20.0. The standard InChI is InChI=1S/C20H19N3O/c24-19(21-17-10-5-2-6-11-17)15-22-14-18(16-8-3-1-4-9-16)23-13-7-12-20(22)23/h1-6,8-11,14H,7,12-13,15H2/p+1. The van der Waals surface area contributed by atoms with Crippen LogP contribution in [-0.4, -0.2) is 10.5 Å². The molecule has 0 saturated heterocycles. The van der Waals surface area contributed by atoms with Crippen LogP contribution in [0.4, 0.5) is 5.69 Å². The third kappa shape index (κ3) is 2.83. The van der Waals surface area contributed by atoms with Gasteiger partial charge in [0, 0.05) is 11.3 Å². The van der Waals surface area contributed by atoms with Crippen molar-refractivity contribution in [2.75, 3.05) is 5.32 Å². The molecule has 0 unspecified atom stereocenters. The van der Waals surface area contributed by atoms with Crippen molar-refractivity contribution in [1.29, 1.82) is 0 Å². The Kier molecular flexibility index (Phi) is 3.87. The van der Waals surface area contributed by atoms with Gasteiger partial charge in [-0.15, -0.1) is 0 Å². The molecular formula is C20H20N3O+. The van der Waals surface area contributed by atoms with E-state index < -0.39 is 0 Å². The van der Waals surface area contributed by atoms with Crippen molar-refractivity contribution in [3.63, 3.8) is 0 Å². The lowest BCUT2D eigenvalue weighted by molar-refractivity contribution is -0.690. The van der Waals surface area contributed by atoms with Crippen molar-refractivity contribution in [2.45, 2.75) is 25.9 Å². The number of fused-ring (bicyclic) bond motifs is 1. The Hall–Kier alpha value is -2.88. The monoisotopic (exact) mass is 318 g/mol. The van der Waals surface area contributed by atoms with Crippen LogP contribution < -0.4 is 9.88 Å². The smallest absolute Gasteiger partial charge is 0.266 e. The number of aromatic nitrogens is 2. The largest absolute Gasteiger partial charge is 0.323 e. The van der Waals surface area contributed by atoms with Crippen molar-refractivity contribution in [3.05, 3.63) is 72.7 Å². The molecule has 1 aliphatic rings. The molecule has 0 aliphatic carbocycles. The molecule has 4 rings (SSSR count). The summed E-state index contributed by atoms with van der Waals surface area (Å²) < 4.78 is 4.43. The molecule has 24 heavy (non-hydrogen) atoms. The Morgan fingerprint density at radius 2 is 1.75 bits per heavy atom. The summed E-state index contributed by atoms with van der Waals surface area (Å²) in [4.78, 5) is 12.4. The highest BCUT2D eigenvalue weighted by Crippen LogP contribution is 2.24. The molecule has 0 atom stereocenters. The third-order valence-electron chi connectivity index (χ3n) is 4.44. The van der Waals surface area contributed by atoms with E-state index in [2.05, 4.69) is 44.9 Å². The number of benzene rings is 2. The van der Waals surface area contributed by atoms with E-state index in [1.165, 1.54) is 17.1 Å². The average molecular weight is 318 g/mol. The molecule has 0 radical (unpaired) electrons. The van der Waals surface area contributed by atoms with Gasteiger partial charge in [-0.3, -0.25) is 4.79 Å². The second-order valence-electron chi connectivity index (χ2n) is 6.09. The maximum absolute atomic E-state index is 12.4. The fraction of sp³-hybridized carbons (Fsp3) is 0.200. The Morgan fingerprint density at radius 1 is 1.04 bits per heavy atom. The summed E-state index contributed by atoms with van der Waals surface area (Å²) in [5.74, 6) is 1.24. The van der Waals surface area contributed by atoms with Crippen molar-refractivity contribution < 1.29 is 9.36 Å². The molecule has 3 aromatic rings. The van der Waals surface area contributed by atoms with Crippen molar-refractivity contribution in [1.82, 2.24) is 4.57 Å². The second kappa shape index (κ2) is 6.32. The van der Waals surface area contributed by atoms with Gasteiger partial charge >= 0.3 is 0 Å². The van der Waals surface area contributed by atoms with E-state index in [0.717, 1.165) is 25.1 Å². The van der Waals surface area contributed by atoms with Crippen molar-refractivity contribution >= 4 is 11.6 Å². The zero-order valence-corrected chi connectivity index (χ0v) is 13.5. The number of carbonyl (C=O) groups is 1. The van der Waals surface area contributed by atoms with Gasteiger partial charge in [-0.25, -0.2) is 9.13 Å².